The van der Waals surface area contributed by atoms with Gasteiger partial charge in [0.25, 0.3) is 0 Å². The average Bonchev–Trinajstić information content (AvgIpc) is 2.90. The van der Waals surface area contributed by atoms with E-state index in [2.05, 4.69) is 46.1 Å². The Labute approximate surface area is 127 Å². The topological polar surface area (TPSA) is 17.8 Å². The Morgan fingerprint density at radius 1 is 1.00 bits per heavy atom. The van der Waals surface area contributed by atoms with Gasteiger partial charge in [-0.25, -0.2) is 0 Å². The number of halogens is 1. The summed E-state index contributed by atoms with van der Waals surface area (Å²) in [5.74, 6) is 0. The second kappa shape index (κ2) is 4.90. The lowest BCUT2D eigenvalue weighted by Crippen LogP contribution is -1.99. The Bertz CT molecular complexity index is 935. The standard InChI is InChI=1S/C18H13ClN2/c19-15-5-6-18-13(11-15)8-10-21(18)12-14-7-9-20-17-4-2-1-3-16(14)17/h1-11H,12H2. The molecule has 0 saturated heterocycles. The van der Waals surface area contributed by atoms with Gasteiger partial charge in [-0.05, 0) is 42.0 Å². The van der Waals surface area contributed by atoms with Gasteiger partial charge in [-0.3, -0.25) is 4.98 Å². The van der Waals surface area contributed by atoms with Crippen molar-refractivity contribution in [3.63, 3.8) is 0 Å². The van der Waals surface area contributed by atoms with Crippen LogP contribution in [0.4, 0.5) is 0 Å². The van der Waals surface area contributed by atoms with E-state index in [0.29, 0.717) is 0 Å². The lowest BCUT2D eigenvalue weighted by atomic mass is 10.1. The molecule has 0 aliphatic rings. The molecule has 102 valence electrons. The zero-order valence-electron chi connectivity index (χ0n) is 11.3. The molecule has 2 aromatic heterocycles. The largest absolute Gasteiger partial charge is 0.343 e. The maximum atomic E-state index is 6.05. The van der Waals surface area contributed by atoms with Crippen LogP contribution in [-0.4, -0.2) is 9.55 Å². The van der Waals surface area contributed by atoms with E-state index in [-0.39, 0.29) is 0 Å². The normalized spacial score (nSPS) is 11.3. The van der Waals surface area contributed by atoms with Crippen molar-refractivity contribution in [2.24, 2.45) is 0 Å². The van der Waals surface area contributed by atoms with E-state index in [0.717, 1.165) is 17.1 Å². The van der Waals surface area contributed by atoms with Crippen LogP contribution in [0.25, 0.3) is 21.8 Å². The number of fused-ring (bicyclic) bond motifs is 2. The molecule has 0 unspecified atom stereocenters. The van der Waals surface area contributed by atoms with E-state index in [1.54, 1.807) is 0 Å². The van der Waals surface area contributed by atoms with Crippen molar-refractivity contribution in [2.75, 3.05) is 0 Å². The smallest absolute Gasteiger partial charge is 0.0705 e. The number of hydrogen-bond acceptors (Lipinski definition) is 1. The van der Waals surface area contributed by atoms with E-state index in [1.807, 2.05) is 30.5 Å². The highest BCUT2D eigenvalue weighted by atomic mass is 35.5. The second-order valence-corrected chi connectivity index (χ2v) is 5.57. The van der Waals surface area contributed by atoms with Gasteiger partial charge in [0, 0.05) is 40.3 Å². The molecule has 0 spiro atoms. The SMILES string of the molecule is Clc1ccc2c(ccn2Cc2ccnc3ccccc23)c1. The average molecular weight is 293 g/mol. The summed E-state index contributed by atoms with van der Waals surface area (Å²) in [6.07, 6.45) is 3.98. The summed E-state index contributed by atoms with van der Waals surface area (Å²) in [7, 11) is 0. The molecule has 0 bridgehead atoms. The van der Waals surface area contributed by atoms with Gasteiger partial charge in [0.2, 0.25) is 0 Å². The fourth-order valence-electron chi connectivity index (χ4n) is 2.79. The third-order valence-electron chi connectivity index (χ3n) is 3.81. The Balaban J connectivity index is 1.83. The van der Waals surface area contributed by atoms with Crippen LogP contribution in [0.15, 0.2) is 67.0 Å². The van der Waals surface area contributed by atoms with Gasteiger partial charge in [-0.1, -0.05) is 29.8 Å². The minimum absolute atomic E-state index is 0.773. The van der Waals surface area contributed by atoms with E-state index in [9.17, 15) is 0 Å². The zero-order chi connectivity index (χ0) is 14.2. The van der Waals surface area contributed by atoms with E-state index in [1.165, 1.54) is 21.9 Å². The highest BCUT2D eigenvalue weighted by Crippen LogP contribution is 2.23. The maximum absolute atomic E-state index is 6.05. The highest BCUT2D eigenvalue weighted by Gasteiger charge is 2.05. The Hall–Kier alpha value is -2.32. The number of rotatable bonds is 2. The molecule has 0 aliphatic heterocycles. The molecule has 2 nitrogen and oxygen atoms in total. The van der Waals surface area contributed by atoms with Crippen LogP contribution in [0.5, 0.6) is 0 Å². The first kappa shape index (κ1) is 12.4. The first-order valence-electron chi connectivity index (χ1n) is 6.88. The van der Waals surface area contributed by atoms with Gasteiger partial charge < -0.3 is 4.57 Å². The molecule has 21 heavy (non-hydrogen) atoms. The van der Waals surface area contributed by atoms with Crippen molar-refractivity contribution >= 4 is 33.4 Å². The van der Waals surface area contributed by atoms with Gasteiger partial charge in [-0.15, -0.1) is 0 Å². The van der Waals surface area contributed by atoms with Crippen LogP contribution in [0.2, 0.25) is 5.02 Å². The summed E-state index contributed by atoms with van der Waals surface area (Å²) in [5, 5.41) is 3.14. The van der Waals surface area contributed by atoms with Crippen LogP contribution < -0.4 is 0 Å². The molecule has 0 fully saturated rings. The molecule has 0 aliphatic carbocycles. The van der Waals surface area contributed by atoms with Crippen molar-refractivity contribution in [1.29, 1.82) is 0 Å². The van der Waals surface area contributed by atoms with E-state index < -0.39 is 0 Å². The first-order chi connectivity index (χ1) is 10.3. The minimum atomic E-state index is 0.773. The van der Waals surface area contributed by atoms with E-state index in [4.69, 9.17) is 11.6 Å². The zero-order valence-corrected chi connectivity index (χ0v) is 12.1. The van der Waals surface area contributed by atoms with Crippen LogP contribution in [0.1, 0.15) is 5.56 Å². The first-order valence-corrected chi connectivity index (χ1v) is 7.26. The lowest BCUT2D eigenvalue weighted by molar-refractivity contribution is 0.842. The number of nitrogens with zero attached hydrogens (tertiary/aromatic N) is 2. The van der Waals surface area contributed by atoms with Gasteiger partial charge >= 0.3 is 0 Å². The Kier molecular flexibility index (Phi) is 2.90. The van der Waals surface area contributed by atoms with Gasteiger partial charge in [0.15, 0.2) is 0 Å². The molecule has 4 rings (SSSR count). The summed E-state index contributed by atoms with van der Waals surface area (Å²) in [5.41, 5.74) is 3.50. The van der Waals surface area contributed by atoms with Crippen LogP contribution in [-0.2, 0) is 6.54 Å². The van der Waals surface area contributed by atoms with Crippen LogP contribution >= 0.6 is 11.6 Å². The second-order valence-electron chi connectivity index (χ2n) is 5.13. The number of para-hydroxylation sites is 1. The maximum Gasteiger partial charge on any atom is 0.0705 e. The fourth-order valence-corrected chi connectivity index (χ4v) is 2.97. The molecule has 0 amide bonds. The molecular formula is C18H13ClN2. The summed E-state index contributed by atoms with van der Waals surface area (Å²) >= 11 is 6.05. The number of benzene rings is 2. The highest BCUT2D eigenvalue weighted by molar-refractivity contribution is 6.31. The molecule has 2 heterocycles. The van der Waals surface area contributed by atoms with Crippen LogP contribution in [0.3, 0.4) is 0 Å². The molecule has 0 atom stereocenters. The van der Waals surface area contributed by atoms with Gasteiger partial charge in [-0.2, -0.15) is 0 Å². The third-order valence-corrected chi connectivity index (χ3v) is 4.05. The van der Waals surface area contributed by atoms with Crippen molar-refractivity contribution < 1.29 is 0 Å². The number of hydrogen-bond donors (Lipinski definition) is 0. The predicted molar refractivity (Wildman–Crippen MR) is 87.8 cm³/mol. The summed E-state index contributed by atoms with van der Waals surface area (Å²) in [6, 6.07) is 18.4. The monoisotopic (exact) mass is 292 g/mol. The third kappa shape index (κ3) is 2.18. The Morgan fingerprint density at radius 3 is 2.86 bits per heavy atom. The molecule has 0 radical (unpaired) electrons. The molecule has 4 aromatic rings. The minimum Gasteiger partial charge on any atom is -0.343 e. The van der Waals surface area contributed by atoms with Crippen molar-refractivity contribution in [2.45, 2.75) is 6.54 Å². The van der Waals surface area contributed by atoms with Crippen LogP contribution in [0, 0.1) is 0 Å². The van der Waals surface area contributed by atoms with Gasteiger partial charge in [0.1, 0.15) is 0 Å². The fraction of sp³-hybridized carbons (Fsp3) is 0.0556. The van der Waals surface area contributed by atoms with Crippen molar-refractivity contribution in [1.82, 2.24) is 9.55 Å². The Morgan fingerprint density at radius 2 is 1.90 bits per heavy atom. The van der Waals surface area contributed by atoms with E-state index >= 15 is 0 Å². The summed E-state index contributed by atoms with van der Waals surface area (Å²) < 4.78 is 2.24. The van der Waals surface area contributed by atoms with Crippen molar-refractivity contribution in [3.8, 4) is 0 Å². The molecule has 0 N–H and O–H groups in total. The summed E-state index contributed by atoms with van der Waals surface area (Å²) in [4.78, 5) is 4.42. The number of aromatic nitrogens is 2. The molecule has 0 saturated carbocycles. The molecule has 2 aromatic carbocycles. The molecular weight excluding hydrogens is 280 g/mol. The number of pyridine rings is 1. The lowest BCUT2D eigenvalue weighted by Gasteiger charge is -2.09. The predicted octanol–water partition coefficient (Wildman–Crippen LogP) is 4.89. The summed E-state index contributed by atoms with van der Waals surface area (Å²) in [6.45, 7) is 0.828. The van der Waals surface area contributed by atoms with Gasteiger partial charge in [0.05, 0.1) is 5.52 Å². The molecule has 3 heteroatoms. The van der Waals surface area contributed by atoms with Crippen molar-refractivity contribution in [3.05, 3.63) is 77.6 Å². The quantitative estimate of drug-likeness (QED) is 0.514.